The monoisotopic (exact) mass is 267 g/mol. The maximum atomic E-state index is 6.23. The van der Waals surface area contributed by atoms with E-state index in [2.05, 4.69) is 4.98 Å². The fourth-order valence-electron chi connectivity index (χ4n) is 2.41. The molecule has 0 atom stereocenters. The highest BCUT2D eigenvalue weighted by Crippen LogP contribution is 2.30. The molecule has 0 saturated heterocycles. The van der Waals surface area contributed by atoms with E-state index in [4.69, 9.17) is 10.5 Å². The summed E-state index contributed by atoms with van der Waals surface area (Å²) in [6.45, 7) is 4.05. The average molecular weight is 267 g/mol. The van der Waals surface area contributed by atoms with Gasteiger partial charge in [-0.15, -0.1) is 0 Å². The zero-order valence-corrected chi connectivity index (χ0v) is 11.8. The van der Waals surface area contributed by atoms with E-state index in [1.54, 1.807) is 7.11 Å². The summed E-state index contributed by atoms with van der Waals surface area (Å²) >= 11 is 0. The molecule has 1 aromatic carbocycles. The Morgan fingerprint density at radius 2 is 1.95 bits per heavy atom. The molecule has 4 heteroatoms. The summed E-state index contributed by atoms with van der Waals surface area (Å²) < 4.78 is 7.20. The topological polar surface area (TPSA) is 52.5 Å². The maximum absolute atomic E-state index is 6.23. The van der Waals surface area contributed by atoms with Crippen molar-refractivity contribution in [2.45, 2.75) is 13.8 Å². The highest BCUT2D eigenvalue weighted by atomic mass is 16.5. The van der Waals surface area contributed by atoms with Crippen molar-refractivity contribution in [3.63, 3.8) is 0 Å². The van der Waals surface area contributed by atoms with Crippen LogP contribution in [0.25, 0.3) is 16.9 Å². The molecule has 3 rings (SSSR count). The number of nitrogen functional groups attached to an aromatic ring is 1. The molecule has 0 aliphatic carbocycles. The lowest BCUT2D eigenvalue weighted by atomic mass is 10.1. The quantitative estimate of drug-likeness (QED) is 0.775. The number of ether oxygens (including phenoxy) is 1. The molecule has 0 radical (unpaired) electrons. The number of anilines is 1. The summed E-state index contributed by atoms with van der Waals surface area (Å²) in [5.41, 5.74) is 11.1. The van der Waals surface area contributed by atoms with Gasteiger partial charge in [0.1, 0.15) is 22.9 Å². The van der Waals surface area contributed by atoms with Crippen LogP contribution in [0.15, 0.2) is 36.5 Å². The number of pyridine rings is 1. The minimum Gasteiger partial charge on any atom is -0.496 e. The third kappa shape index (κ3) is 1.90. The highest BCUT2D eigenvalue weighted by molar-refractivity contribution is 5.75. The SMILES string of the molecule is COc1ccc(-c2nc3ccc(C)cn3c2N)cc1C. The molecule has 0 aliphatic heterocycles. The first-order valence-electron chi connectivity index (χ1n) is 6.49. The van der Waals surface area contributed by atoms with E-state index >= 15 is 0 Å². The molecule has 2 N–H and O–H groups in total. The Labute approximate surface area is 117 Å². The summed E-state index contributed by atoms with van der Waals surface area (Å²) in [6.07, 6.45) is 2.00. The number of aromatic nitrogens is 2. The van der Waals surface area contributed by atoms with Gasteiger partial charge >= 0.3 is 0 Å². The number of aryl methyl sites for hydroxylation is 2. The van der Waals surface area contributed by atoms with Crippen molar-refractivity contribution in [1.82, 2.24) is 9.38 Å². The third-order valence-corrected chi connectivity index (χ3v) is 3.47. The van der Waals surface area contributed by atoms with Crippen molar-refractivity contribution in [3.05, 3.63) is 47.7 Å². The van der Waals surface area contributed by atoms with Crippen molar-refractivity contribution in [1.29, 1.82) is 0 Å². The van der Waals surface area contributed by atoms with Gasteiger partial charge < -0.3 is 10.5 Å². The number of methoxy groups -OCH3 is 1. The molecular weight excluding hydrogens is 250 g/mol. The minimum atomic E-state index is 0.660. The van der Waals surface area contributed by atoms with Crippen molar-refractivity contribution in [2.75, 3.05) is 12.8 Å². The molecule has 0 spiro atoms. The highest BCUT2D eigenvalue weighted by Gasteiger charge is 2.12. The van der Waals surface area contributed by atoms with Gasteiger partial charge in [-0.2, -0.15) is 0 Å². The van der Waals surface area contributed by atoms with Crippen LogP contribution in [-0.4, -0.2) is 16.5 Å². The van der Waals surface area contributed by atoms with Crippen LogP contribution < -0.4 is 10.5 Å². The number of imidazole rings is 1. The second-order valence-electron chi connectivity index (χ2n) is 4.96. The number of fused-ring (bicyclic) bond motifs is 1. The van der Waals surface area contributed by atoms with Crippen molar-refractivity contribution >= 4 is 11.5 Å². The van der Waals surface area contributed by atoms with E-state index in [1.807, 2.05) is 54.8 Å². The van der Waals surface area contributed by atoms with E-state index in [0.717, 1.165) is 33.8 Å². The standard InChI is InChI=1S/C16H17N3O/c1-10-4-7-14-18-15(16(17)19(14)9-10)12-5-6-13(20-3)11(2)8-12/h4-9H,17H2,1-3H3. The number of rotatable bonds is 2. The first-order valence-corrected chi connectivity index (χ1v) is 6.49. The Balaban J connectivity index is 2.19. The van der Waals surface area contributed by atoms with Crippen molar-refractivity contribution in [2.24, 2.45) is 0 Å². The van der Waals surface area contributed by atoms with E-state index < -0.39 is 0 Å². The average Bonchev–Trinajstić information content (AvgIpc) is 2.76. The largest absolute Gasteiger partial charge is 0.496 e. The van der Waals surface area contributed by atoms with Crippen LogP contribution in [0.5, 0.6) is 5.75 Å². The second-order valence-corrected chi connectivity index (χ2v) is 4.96. The molecule has 102 valence electrons. The van der Waals surface area contributed by atoms with Gasteiger partial charge in [0.05, 0.1) is 7.11 Å². The Bertz CT molecular complexity index is 790. The summed E-state index contributed by atoms with van der Waals surface area (Å²) in [4.78, 5) is 4.62. The first-order chi connectivity index (χ1) is 9.60. The minimum absolute atomic E-state index is 0.660. The Kier molecular flexibility index (Phi) is 2.86. The molecule has 0 bridgehead atoms. The smallest absolute Gasteiger partial charge is 0.139 e. The Hall–Kier alpha value is -2.49. The van der Waals surface area contributed by atoms with Gasteiger partial charge in [-0.1, -0.05) is 6.07 Å². The molecule has 0 amide bonds. The van der Waals surface area contributed by atoms with Crippen LogP contribution in [-0.2, 0) is 0 Å². The molecular formula is C16H17N3O. The van der Waals surface area contributed by atoms with Gasteiger partial charge in [0.25, 0.3) is 0 Å². The number of hydrogen-bond acceptors (Lipinski definition) is 3. The Morgan fingerprint density at radius 1 is 1.15 bits per heavy atom. The summed E-state index contributed by atoms with van der Waals surface area (Å²) in [5, 5.41) is 0. The van der Waals surface area contributed by atoms with Gasteiger partial charge in [0.2, 0.25) is 0 Å². The second kappa shape index (κ2) is 4.56. The molecule has 2 heterocycles. The van der Waals surface area contributed by atoms with Gasteiger partial charge in [-0.05, 0) is 49.2 Å². The number of nitrogens with zero attached hydrogens (tertiary/aromatic N) is 2. The summed E-state index contributed by atoms with van der Waals surface area (Å²) in [6, 6.07) is 9.98. The van der Waals surface area contributed by atoms with Gasteiger partial charge in [0, 0.05) is 11.8 Å². The zero-order chi connectivity index (χ0) is 14.3. The molecule has 0 fully saturated rings. The van der Waals surface area contributed by atoms with E-state index in [1.165, 1.54) is 0 Å². The normalized spacial score (nSPS) is 10.9. The number of hydrogen-bond donors (Lipinski definition) is 1. The maximum Gasteiger partial charge on any atom is 0.139 e. The molecule has 4 nitrogen and oxygen atoms in total. The molecule has 0 saturated carbocycles. The number of nitrogens with two attached hydrogens (primary N) is 1. The molecule has 0 aliphatic rings. The van der Waals surface area contributed by atoms with Crippen LogP contribution >= 0.6 is 0 Å². The molecule has 20 heavy (non-hydrogen) atoms. The predicted octanol–water partition coefficient (Wildman–Crippen LogP) is 3.21. The lowest BCUT2D eigenvalue weighted by Crippen LogP contribution is -1.95. The molecule has 2 aromatic heterocycles. The van der Waals surface area contributed by atoms with Crippen LogP contribution in [0.3, 0.4) is 0 Å². The lowest BCUT2D eigenvalue weighted by molar-refractivity contribution is 0.412. The van der Waals surface area contributed by atoms with E-state index in [9.17, 15) is 0 Å². The van der Waals surface area contributed by atoms with Gasteiger partial charge in [-0.25, -0.2) is 4.98 Å². The molecule has 0 unspecified atom stereocenters. The van der Waals surface area contributed by atoms with Gasteiger partial charge in [0.15, 0.2) is 0 Å². The van der Waals surface area contributed by atoms with E-state index in [-0.39, 0.29) is 0 Å². The fraction of sp³-hybridized carbons (Fsp3) is 0.188. The zero-order valence-electron chi connectivity index (χ0n) is 11.8. The fourth-order valence-corrected chi connectivity index (χ4v) is 2.41. The number of benzene rings is 1. The van der Waals surface area contributed by atoms with Crippen molar-refractivity contribution in [3.8, 4) is 17.0 Å². The van der Waals surface area contributed by atoms with Gasteiger partial charge in [-0.3, -0.25) is 4.40 Å². The van der Waals surface area contributed by atoms with Crippen molar-refractivity contribution < 1.29 is 4.74 Å². The predicted molar refractivity (Wildman–Crippen MR) is 81.1 cm³/mol. The van der Waals surface area contributed by atoms with E-state index in [0.29, 0.717) is 5.82 Å². The van der Waals surface area contributed by atoms with Crippen LogP contribution in [0.4, 0.5) is 5.82 Å². The summed E-state index contributed by atoms with van der Waals surface area (Å²) in [5.74, 6) is 1.53. The third-order valence-electron chi connectivity index (χ3n) is 3.47. The Morgan fingerprint density at radius 3 is 2.65 bits per heavy atom. The first kappa shape index (κ1) is 12.5. The van der Waals surface area contributed by atoms with Crippen LogP contribution in [0.1, 0.15) is 11.1 Å². The lowest BCUT2D eigenvalue weighted by Gasteiger charge is -2.06. The summed E-state index contributed by atoms with van der Waals surface area (Å²) in [7, 11) is 1.67. The molecule has 3 aromatic rings. The van der Waals surface area contributed by atoms with Crippen LogP contribution in [0, 0.1) is 13.8 Å². The van der Waals surface area contributed by atoms with Crippen LogP contribution in [0.2, 0.25) is 0 Å².